The van der Waals surface area contributed by atoms with Gasteiger partial charge in [0, 0.05) is 10.6 Å². The highest BCUT2D eigenvalue weighted by Gasteiger charge is 2.12. The van der Waals surface area contributed by atoms with Crippen molar-refractivity contribution in [2.45, 2.75) is 20.0 Å². The summed E-state index contributed by atoms with van der Waals surface area (Å²) in [6.45, 7) is 3.49. The Hall–Kier alpha value is -1.39. The van der Waals surface area contributed by atoms with E-state index in [4.69, 9.17) is 16.1 Å². The van der Waals surface area contributed by atoms with Crippen molar-refractivity contribution in [3.8, 4) is 11.5 Å². The Morgan fingerprint density at radius 3 is 2.75 bits per heavy atom. The van der Waals surface area contributed by atoms with Crippen molar-refractivity contribution in [2.24, 2.45) is 0 Å². The second kappa shape index (κ2) is 4.23. The van der Waals surface area contributed by atoms with E-state index in [1.54, 1.807) is 19.1 Å². The van der Waals surface area contributed by atoms with Crippen LogP contribution >= 0.6 is 11.6 Å². The lowest BCUT2D eigenvalue weighted by molar-refractivity contribution is 0.184. The lowest BCUT2D eigenvalue weighted by Gasteiger charge is -1.99. The van der Waals surface area contributed by atoms with Gasteiger partial charge in [-0.15, -0.1) is 0 Å². The van der Waals surface area contributed by atoms with E-state index in [-0.39, 0.29) is 5.82 Å². The van der Waals surface area contributed by atoms with Crippen LogP contribution in [0.5, 0.6) is 0 Å². The van der Waals surface area contributed by atoms with Crippen molar-refractivity contribution >= 4 is 11.6 Å². The van der Waals surface area contributed by atoms with E-state index in [9.17, 15) is 5.11 Å². The highest BCUT2D eigenvalue weighted by molar-refractivity contribution is 6.31. The summed E-state index contributed by atoms with van der Waals surface area (Å²) in [5.74, 6) is 0.665. The van der Waals surface area contributed by atoms with Crippen LogP contribution in [0.15, 0.2) is 22.7 Å². The molecule has 0 bridgehead atoms. The molecular formula is C11H11ClN2O2. The Labute approximate surface area is 97.9 Å². The number of hydrogen-bond acceptors (Lipinski definition) is 4. The molecule has 0 spiro atoms. The van der Waals surface area contributed by atoms with Crippen molar-refractivity contribution in [1.82, 2.24) is 10.1 Å². The van der Waals surface area contributed by atoms with Crippen molar-refractivity contribution in [3.63, 3.8) is 0 Å². The van der Waals surface area contributed by atoms with Gasteiger partial charge in [0.15, 0.2) is 5.82 Å². The predicted octanol–water partition coefficient (Wildman–Crippen LogP) is 2.75. The fourth-order valence-electron chi connectivity index (χ4n) is 1.30. The van der Waals surface area contributed by atoms with Gasteiger partial charge in [0.2, 0.25) is 0 Å². The van der Waals surface area contributed by atoms with E-state index in [0.29, 0.717) is 10.9 Å². The molecule has 0 aliphatic carbocycles. The van der Waals surface area contributed by atoms with Crippen LogP contribution in [0.4, 0.5) is 0 Å². The van der Waals surface area contributed by atoms with Gasteiger partial charge >= 0.3 is 0 Å². The monoisotopic (exact) mass is 238 g/mol. The van der Waals surface area contributed by atoms with E-state index in [1.807, 2.05) is 13.0 Å². The minimum absolute atomic E-state index is 0.280. The number of halogens is 1. The van der Waals surface area contributed by atoms with Gasteiger partial charge in [0.25, 0.3) is 5.89 Å². The second-order valence-corrected chi connectivity index (χ2v) is 4.00. The zero-order valence-corrected chi connectivity index (χ0v) is 9.69. The molecule has 1 unspecified atom stereocenters. The maximum absolute atomic E-state index is 9.28. The lowest BCUT2D eigenvalue weighted by atomic mass is 10.1. The van der Waals surface area contributed by atoms with Crippen LogP contribution in [0.25, 0.3) is 11.5 Å². The number of hydrogen-bond donors (Lipinski definition) is 1. The third-order valence-electron chi connectivity index (χ3n) is 2.22. The maximum atomic E-state index is 9.28. The molecule has 0 fully saturated rings. The molecule has 1 heterocycles. The van der Waals surface area contributed by atoms with Gasteiger partial charge in [-0.05, 0) is 37.6 Å². The number of aromatic nitrogens is 2. The molecule has 16 heavy (non-hydrogen) atoms. The third-order valence-corrected chi connectivity index (χ3v) is 2.64. The largest absolute Gasteiger partial charge is 0.385 e. The Morgan fingerprint density at radius 2 is 2.19 bits per heavy atom. The van der Waals surface area contributed by atoms with Crippen molar-refractivity contribution in [2.75, 3.05) is 0 Å². The Morgan fingerprint density at radius 1 is 1.44 bits per heavy atom. The number of nitrogens with zero attached hydrogens (tertiary/aromatic N) is 2. The zero-order valence-electron chi connectivity index (χ0n) is 8.94. The number of benzene rings is 1. The minimum atomic E-state index is -0.731. The molecule has 2 aromatic rings. The van der Waals surface area contributed by atoms with Crippen molar-refractivity contribution < 1.29 is 9.63 Å². The van der Waals surface area contributed by atoms with Crippen LogP contribution in [0.2, 0.25) is 5.02 Å². The first-order valence-electron chi connectivity index (χ1n) is 4.86. The first-order chi connectivity index (χ1) is 7.58. The smallest absolute Gasteiger partial charge is 0.258 e. The van der Waals surface area contributed by atoms with Crippen LogP contribution in [0.1, 0.15) is 24.4 Å². The number of aryl methyl sites for hydroxylation is 1. The summed E-state index contributed by atoms with van der Waals surface area (Å²) in [4.78, 5) is 4.08. The molecule has 2 rings (SSSR count). The quantitative estimate of drug-likeness (QED) is 0.874. The summed E-state index contributed by atoms with van der Waals surface area (Å²) in [7, 11) is 0. The number of rotatable bonds is 2. The number of aliphatic hydroxyl groups is 1. The Balaban J connectivity index is 2.39. The highest BCUT2D eigenvalue weighted by atomic mass is 35.5. The summed E-state index contributed by atoms with van der Waals surface area (Å²) in [5, 5.41) is 13.6. The normalized spacial score (nSPS) is 12.8. The minimum Gasteiger partial charge on any atom is -0.385 e. The summed E-state index contributed by atoms with van der Waals surface area (Å²) in [5.41, 5.74) is 1.73. The molecule has 5 heteroatoms. The van der Waals surface area contributed by atoms with Gasteiger partial charge in [-0.3, -0.25) is 0 Å². The van der Waals surface area contributed by atoms with Gasteiger partial charge in [-0.2, -0.15) is 4.98 Å². The van der Waals surface area contributed by atoms with E-state index < -0.39 is 6.10 Å². The molecule has 0 aliphatic rings. The molecule has 1 aromatic heterocycles. The molecule has 4 nitrogen and oxygen atoms in total. The van der Waals surface area contributed by atoms with Crippen molar-refractivity contribution in [1.29, 1.82) is 0 Å². The van der Waals surface area contributed by atoms with Gasteiger partial charge in [-0.1, -0.05) is 16.8 Å². The van der Waals surface area contributed by atoms with Gasteiger partial charge in [-0.25, -0.2) is 0 Å². The van der Waals surface area contributed by atoms with Gasteiger partial charge in [0.1, 0.15) is 6.10 Å². The molecule has 1 aromatic carbocycles. The first-order valence-corrected chi connectivity index (χ1v) is 5.24. The van der Waals surface area contributed by atoms with E-state index in [0.717, 1.165) is 11.1 Å². The molecule has 84 valence electrons. The molecule has 0 radical (unpaired) electrons. The lowest BCUT2D eigenvalue weighted by Crippen LogP contribution is -1.93. The molecule has 0 saturated carbocycles. The van der Waals surface area contributed by atoms with E-state index in [1.165, 1.54) is 0 Å². The summed E-state index contributed by atoms with van der Waals surface area (Å²) in [6, 6.07) is 5.44. The van der Waals surface area contributed by atoms with Crippen LogP contribution in [0.3, 0.4) is 0 Å². The highest BCUT2D eigenvalue weighted by Crippen LogP contribution is 2.24. The fourth-order valence-corrected chi connectivity index (χ4v) is 1.42. The van der Waals surface area contributed by atoms with Crippen LogP contribution in [-0.4, -0.2) is 15.2 Å². The summed E-state index contributed by atoms with van der Waals surface area (Å²) >= 11 is 5.92. The van der Waals surface area contributed by atoms with E-state index in [2.05, 4.69) is 10.1 Å². The SMILES string of the molecule is Cc1cc(-c2nc(C(C)O)no2)ccc1Cl. The predicted molar refractivity (Wildman–Crippen MR) is 60.1 cm³/mol. The second-order valence-electron chi connectivity index (χ2n) is 3.60. The van der Waals surface area contributed by atoms with Crippen LogP contribution in [0, 0.1) is 6.92 Å². The summed E-state index contributed by atoms with van der Waals surface area (Å²) < 4.78 is 5.04. The first kappa shape index (κ1) is 11.1. The zero-order chi connectivity index (χ0) is 11.7. The number of aliphatic hydroxyl groups excluding tert-OH is 1. The Bertz CT molecular complexity index is 508. The summed E-state index contributed by atoms with van der Waals surface area (Å²) in [6.07, 6.45) is -0.731. The maximum Gasteiger partial charge on any atom is 0.258 e. The van der Waals surface area contributed by atoms with Crippen molar-refractivity contribution in [3.05, 3.63) is 34.6 Å². The third kappa shape index (κ3) is 2.08. The average molecular weight is 239 g/mol. The van der Waals surface area contributed by atoms with E-state index >= 15 is 0 Å². The molecular weight excluding hydrogens is 228 g/mol. The Kier molecular flexibility index (Phi) is 2.94. The molecule has 0 aliphatic heterocycles. The molecule has 1 N–H and O–H groups in total. The standard InChI is InChI=1S/C11H11ClN2O2/c1-6-5-8(3-4-9(6)12)11-13-10(7(2)15)14-16-11/h3-5,7,15H,1-2H3. The van der Waals surface area contributed by atoms with Gasteiger partial charge < -0.3 is 9.63 Å². The van der Waals surface area contributed by atoms with Crippen LogP contribution < -0.4 is 0 Å². The molecule has 0 amide bonds. The van der Waals surface area contributed by atoms with Gasteiger partial charge in [0.05, 0.1) is 0 Å². The molecule has 1 atom stereocenters. The fraction of sp³-hybridized carbons (Fsp3) is 0.273. The average Bonchev–Trinajstić information content (AvgIpc) is 2.71. The molecule has 0 saturated heterocycles. The van der Waals surface area contributed by atoms with Crippen LogP contribution in [-0.2, 0) is 0 Å². The topological polar surface area (TPSA) is 59.2 Å².